The van der Waals surface area contributed by atoms with Crippen LogP contribution in [-0.2, 0) is 14.2 Å². The van der Waals surface area contributed by atoms with Crippen LogP contribution in [-0.4, -0.2) is 36.0 Å². The Labute approximate surface area is 95.9 Å². The van der Waals surface area contributed by atoms with Gasteiger partial charge in [-0.05, 0) is 27.7 Å². The quantitative estimate of drug-likeness (QED) is 0.674. The second kappa shape index (κ2) is 3.71. The van der Waals surface area contributed by atoms with Crippen molar-refractivity contribution in [3.05, 3.63) is 0 Å². The second-order valence-electron chi connectivity index (χ2n) is 4.89. The summed E-state index contributed by atoms with van der Waals surface area (Å²) in [4.78, 5) is 0. The highest BCUT2D eigenvalue weighted by Gasteiger charge is 2.60. The first-order valence-electron chi connectivity index (χ1n) is 5.49. The van der Waals surface area contributed by atoms with Crippen molar-refractivity contribution in [3.8, 4) is 11.8 Å². The minimum Gasteiger partial charge on any atom is -0.394 e. The summed E-state index contributed by atoms with van der Waals surface area (Å²) in [6, 6.07) is 0. The van der Waals surface area contributed by atoms with Crippen LogP contribution in [0.5, 0.6) is 0 Å². The number of ether oxygens (including phenoxy) is 3. The molecule has 2 aliphatic heterocycles. The summed E-state index contributed by atoms with van der Waals surface area (Å²) in [5, 5.41) is 9.31. The number of rotatable bonds is 1. The average molecular weight is 226 g/mol. The molecule has 4 nitrogen and oxygen atoms in total. The van der Waals surface area contributed by atoms with E-state index in [1.165, 1.54) is 0 Å². The molecule has 2 rings (SSSR count). The van der Waals surface area contributed by atoms with Crippen LogP contribution in [0.1, 0.15) is 27.7 Å². The Morgan fingerprint density at radius 2 is 1.94 bits per heavy atom. The molecule has 0 radical (unpaired) electrons. The topological polar surface area (TPSA) is 47.9 Å². The monoisotopic (exact) mass is 226 g/mol. The van der Waals surface area contributed by atoms with E-state index in [1.807, 2.05) is 20.8 Å². The molecule has 2 fully saturated rings. The first-order valence-corrected chi connectivity index (χ1v) is 5.49. The van der Waals surface area contributed by atoms with E-state index < -0.39 is 17.5 Å². The molecular formula is C12H18O4. The molecule has 0 spiro atoms. The molecule has 0 aromatic rings. The molecule has 4 atom stereocenters. The molecule has 0 aromatic carbocycles. The molecule has 0 aliphatic carbocycles. The number of fused-ring (bicyclic) bond motifs is 1. The smallest absolute Gasteiger partial charge is 0.189 e. The van der Waals surface area contributed by atoms with Crippen molar-refractivity contribution in [2.45, 2.75) is 52.0 Å². The number of aliphatic hydroxyl groups is 1. The Morgan fingerprint density at radius 3 is 2.50 bits per heavy atom. The van der Waals surface area contributed by atoms with Crippen LogP contribution in [0.25, 0.3) is 0 Å². The molecule has 0 bridgehead atoms. The van der Waals surface area contributed by atoms with Gasteiger partial charge in [0.1, 0.15) is 12.2 Å². The molecule has 2 saturated heterocycles. The maximum absolute atomic E-state index is 9.31. The van der Waals surface area contributed by atoms with E-state index in [-0.39, 0.29) is 18.8 Å². The van der Waals surface area contributed by atoms with Gasteiger partial charge in [-0.3, -0.25) is 0 Å². The molecule has 0 amide bonds. The maximum Gasteiger partial charge on any atom is 0.189 e. The van der Waals surface area contributed by atoms with Crippen molar-refractivity contribution in [1.29, 1.82) is 0 Å². The summed E-state index contributed by atoms with van der Waals surface area (Å²) >= 11 is 0. The minimum absolute atomic E-state index is 0.0780. The number of hydrogen-bond acceptors (Lipinski definition) is 4. The van der Waals surface area contributed by atoms with Crippen molar-refractivity contribution in [2.75, 3.05) is 6.61 Å². The zero-order valence-electron chi connectivity index (χ0n) is 10.1. The van der Waals surface area contributed by atoms with E-state index in [0.29, 0.717) is 0 Å². The first kappa shape index (κ1) is 11.9. The summed E-state index contributed by atoms with van der Waals surface area (Å²) in [7, 11) is 0. The van der Waals surface area contributed by atoms with Crippen LogP contribution in [0.3, 0.4) is 0 Å². The second-order valence-corrected chi connectivity index (χ2v) is 4.89. The van der Waals surface area contributed by atoms with E-state index in [2.05, 4.69) is 11.8 Å². The van der Waals surface area contributed by atoms with E-state index in [0.717, 1.165) is 0 Å². The van der Waals surface area contributed by atoms with Gasteiger partial charge in [0.05, 0.1) is 12.0 Å². The third kappa shape index (κ3) is 1.64. The van der Waals surface area contributed by atoms with Gasteiger partial charge in [0.2, 0.25) is 0 Å². The van der Waals surface area contributed by atoms with Crippen LogP contribution in [0, 0.1) is 17.3 Å². The molecule has 16 heavy (non-hydrogen) atoms. The Kier molecular flexibility index (Phi) is 2.75. The minimum atomic E-state index is -0.646. The summed E-state index contributed by atoms with van der Waals surface area (Å²) in [5.74, 6) is 5.32. The lowest BCUT2D eigenvalue weighted by Gasteiger charge is -2.29. The maximum atomic E-state index is 9.31. The van der Waals surface area contributed by atoms with Gasteiger partial charge >= 0.3 is 0 Å². The zero-order valence-corrected chi connectivity index (χ0v) is 10.1. The van der Waals surface area contributed by atoms with E-state index >= 15 is 0 Å². The molecule has 90 valence electrons. The van der Waals surface area contributed by atoms with Crippen LogP contribution in [0.2, 0.25) is 0 Å². The first-order chi connectivity index (χ1) is 7.43. The van der Waals surface area contributed by atoms with Crippen molar-refractivity contribution in [1.82, 2.24) is 0 Å². The predicted molar refractivity (Wildman–Crippen MR) is 57.3 cm³/mol. The largest absolute Gasteiger partial charge is 0.394 e. The van der Waals surface area contributed by atoms with Crippen LogP contribution >= 0.6 is 0 Å². The van der Waals surface area contributed by atoms with Crippen molar-refractivity contribution in [3.63, 3.8) is 0 Å². The fraction of sp³-hybridized carbons (Fsp3) is 0.833. The Bertz CT molecular complexity index is 341. The third-order valence-electron chi connectivity index (χ3n) is 3.18. The van der Waals surface area contributed by atoms with Gasteiger partial charge in [0, 0.05) is 0 Å². The molecule has 0 saturated carbocycles. The van der Waals surface area contributed by atoms with E-state index in [9.17, 15) is 5.11 Å². The summed E-state index contributed by atoms with van der Waals surface area (Å²) < 4.78 is 17.1. The molecule has 1 N–H and O–H groups in total. The molecule has 0 unspecified atom stereocenters. The molecule has 2 aliphatic rings. The SMILES string of the molecule is CC#C[C@@]1(C)[C@@H](CO)O[C@@H]2OC(C)(C)O[C@@H]21. The Balaban J connectivity index is 2.29. The summed E-state index contributed by atoms with van der Waals surface area (Å²) in [6.07, 6.45) is -1.03. The van der Waals surface area contributed by atoms with Gasteiger partial charge in [0.25, 0.3) is 0 Å². The third-order valence-corrected chi connectivity index (χ3v) is 3.18. The van der Waals surface area contributed by atoms with Gasteiger partial charge in [0.15, 0.2) is 12.1 Å². The van der Waals surface area contributed by atoms with Crippen molar-refractivity contribution < 1.29 is 19.3 Å². The normalized spacial score (nSPS) is 44.9. The fourth-order valence-corrected chi connectivity index (χ4v) is 2.37. The van der Waals surface area contributed by atoms with E-state index in [4.69, 9.17) is 14.2 Å². The zero-order chi connectivity index (χ0) is 12.0. The Morgan fingerprint density at radius 1 is 1.25 bits per heavy atom. The molecular weight excluding hydrogens is 208 g/mol. The fourth-order valence-electron chi connectivity index (χ4n) is 2.37. The lowest BCUT2D eigenvalue weighted by Crippen LogP contribution is -2.40. The lowest BCUT2D eigenvalue weighted by molar-refractivity contribution is -0.217. The van der Waals surface area contributed by atoms with Gasteiger partial charge in [-0.15, -0.1) is 5.92 Å². The number of aliphatic hydroxyl groups excluding tert-OH is 1. The molecule has 2 heterocycles. The van der Waals surface area contributed by atoms with Gasteiger partial charge in [-0.2, -0.15) is 0 Å². The average Bonchev–Trinajstić information content (AvgIpc) is 2.61. The highest BCUT2D eigenvalue weighted by atomic mass is 16.8. The molecule has 4 heteroatoms. The van der Waals surface area contributed by atoms with Gasteiger partial charge < -0.3 is 19.3 Å². The molecule has 0 aromatic heterocycles. The van der Waals surface area contributed by atoms with Crippen molar-refractivity contribution in [2.24, 2.45) is 5.41 Å². The summed E-state index contributed by atoms with van der Waals surface area (Å²) in [6.45, 7) is 7.34. The lowest BCUT2D eigenvalue weighted by atomic mass is 9.81. The van der Waals surface area contributed by atoms with Gasteiger partial charge in [-0.25, -0.2) is 0 Å². The van der Waals surface area contributed by atoms with Crippen LogP contribution in [0.15, 0.2) is 0 Å². The summed E-state index contributed by atoms with van der Waals surface area (Å²) in [5.41, 5.74) is -0.512. The van der Waals surface area contributed by atoms with E-state index in [1.54, 1.807) is 6.92 Å². The van der Waals surface area contributed by atoms with Crippen molar-refractivity contribution >= 4 is 0 Å². The Hall–Kier alpha value is -0.600. The van der Waals surface area contributed by atoms with Crippen LogP contribution in [0.4, 0.5) is 0 Å². The highest BCUT2D eigenvalue weighted by molar-refractivity contribution is 5.19. The van der Waals surface area contributed by atoms with Crippen LogP contribution < -0.4 is 0 Å². The highest BCUT2D eigenvalue weighted by Crippen LogP contribution is 2.47. The number of hydrogen-bond donors (Lipinski definition) is 1. The van der Waals surface area contributed by atoms with Gasteiger partial charge in [-0.1, -0.05) is 5.92 Å². The standard InChI is InChI=1S/C12H18O4/c1-5-6-12(4)8(7-13)14-10-9(12)15-11(2,3)16-10/h8-10,13H,7H2,1-4H3/t8-,9+,10-,12+/m1/s1. The predicted octanol–water partition coefficient (Wildman–Crippen LogP) is 0.885.